The Morgan fingerprint density at radius 3 is 2.35 bits per heavy atom. The third kappa shape index (κ3) is 5.31. The topological polar surface area (TPSA) is 49.4 Å². The van der Waals surface area contributed by atoms with Crippen LogP contribution in [0, 0.1) is 11.8 Å². The van der Waals surface area contributed by atoms with Crippen molar-refractivity contribution in [2.75, 3.05) is 26.2 Å². The molecule has 1 N–H and O–H groups in total. The van der Waals surface area contributed by atoms with Crippen LogP contribution in [0.25, 0.3) is 0 Å². The number of piperidine rings is 1. The van der Waals surface area contributed by atoms with Gasteiger partial charge >= 0.3 is 0 Å². The minimum Gasteiger partial charge on any atom is -0.356 e. The second-order valence-corrected chi connectivity index (χ2v) is 5.28. The van der Waals surface area contributed by atoms with Crippen molar-refractivity contribution in [2.45, 2.75) is 33.6 Å². The minimum atomic E-state index is 0.0439. The highest BCUT2D eigenvalue weighted by Gasteiger charge is 2.21. The van der Waals surface area contributed by atoms with Gasteiger partial charge < -0.3 is 5.32 Å². The van der Waals surface area contributed by atoms with Crippen LogP contribution in [-0.4, -0.2) is 42.8 Å². The number of likely N-dealkylation sites (tertiary alicyclic amines) is 1. The lowest BCUT2D eigenvalue weighted by Crippen LogP contribution is -2.41. The SMILES string of the molecule is CC(=O)NCC1CCN(CC(=O)C(C)C)CC1. The molecule has 0 aromatic heterocycles. The molecular formula is C13H24N2O2. The largest absolute Gasteiger partial charge is 0.356 e. The van der Waals surface area contributed by atoms with E-state index in [1.807, 2.05) is 13.8 Å². The number of amides is 1. The summed E-state index contributed by atoms with van der Waals surface area (Å²) < 4.78 is 0. The van der Waals surface area contributed by atoms with Gasteiger partial charge in [0, 0.05) is 19.4 Å². The van der Waals surface area contributed by atoms with Crippen LogP contribution in [0.2, 0.25) is 0 Å². The Hall–Kier alpha value is -0.900. The molecule has 1 heterocycles. The molecule has 17 heavy (non-hydrogen) atoms. The average Bonchev–Trinajstić information content (AvgIpc) is 2.28. The summed E-state index contributed by atoms with van der Waals surface area (Å²) in [5.41, 5.74) is 0. The van der Waals surface area contributed by atoms with Crippen molar-refractivity contribution in [1.29, 1.82) is 0 Å². The Balaban J connectivity index is 2.21. The Morgan fingerprint density at radius 2 is 1.88 bits per heavy atom. The van der Waals surface area contributed by atoms with Crippen LogP contribution in [0.4, 0.5) is 0 Å². The number of ketones is 1. The Labute approximate surface area is 104 Å². The molecular weight excluding hydrogens is 216 g/mol. The van der Waals surface area contributed by atoms with Gasteiger partial charge in [0.2, 0.25) is 5.91 Å². The van der Waals surface area contributed by atoms with E-state index in [0.717, 1.165) is 32.5 Å². The summed E-state index contributed by atoms with van der Waals surface area (Å²) in [6.45, 7) is 8.77. The molecule has 0 bridgehead atoms. The maximum absolute atomic E-state index is 11.6. The normalized spacial score (nSPS) is 18.4. The Morgan fingerprint density at radius 1 is 1.29 bits per heavy atom. The van der Waals surface area contributed by atoms with E-state index in [2.05, 4.69) is 10.2 Å². The fraction of sp³-hybridized carbons (Fsp3) is 0.846. The van der Waals surface area contributed by atoms with Crippen molar-refractivity contribution in [3.63, 3.8) is 0 Å². The molecule has 0 radical (unpaired) electrons. The molecule has 1 amide bonds. The van der Waals surface area contributed by atoms with Crippen LogP contribution < -0.4 is 5.32 Å². The zero-order valence-electron chi connectivity index (χ0n) is 11.2. The van der Waals surface area contributed by atoms with Gasteiger partial charge in [-0.25, -0.2) is 0 Å². The lowest BCUT2D eigenvalue weighted by Gasteiger charge is -2.31. The summed E-state index contributed by atoms with van der Waals surface area (Å²) in [6.07, 6.45) is 2.15. The molecule has 4 nitrogen and oxygen atoms in total. The van der Waals surface area contributed by atoms with Gasteiger partial charge in [-0.15, -0.1) is 0 Å². The second-order valence-electron chi connectivity index (χ2n) is 5.28. The van der Waals surface area contributed by atoms with Crippen molar-refractivity contribution in [3.8, 4) is 0 Å². The van der Waals surface area contributed by atoms with E-state index < -0.39 is 0 Å². The van der Waals surface area contributed by atoms with Gasteiger partial charge in [-0.1, -0.05) is 13.8 Å². The standard InChI is InChI=1S/C13H24N2O2/c1-10(2)13(17)9-15-6-4-12(5-7-15)8-14-11(3)16/h10,12H,4-9H2,1-3H3,(H,14,16). The summed E-state index contributed by atoms with van der Waals surface area (Å²) >= 11 is 0. The number of carbonyl (C=O) groups excluding carboxylic acids is 2. The van der Waals surface area contributed by atoms with Crippen molar-refractivity contribution >= 4 is 11.7 Å². The van der Waals surface area contributed by atoms with Crippen LogP contribution in [0.15, 0.2) is 0 Å². The lowest BCUT2D eigenvalue weighted by molar-refractivity contribution is -0.123. The molecule has 0 aliphatic carbocycles. The lowest BCUT2D eigenvalue weighted by atomic mass is 9.96. The maximum atomic E-state index is 11.6. The predicted octanol–water partition coefficient (Wildman–Crippen LogP) is 1.06. The molecule has 1 aliphatic rings. The second kappa shape index (κ2) is 6.74. The van der Waals surface area contributed by atoms with Gasteiger partial charge in [-0.05, 0) is 31.8 Å². The molecule has 0 unspecified atom stereocenters. The van der Waals surface area contributed by atoms with Crippen molar-refractivity contribution in [2.24, 2.45) is 11.8 Å². The van der Waals surface area contributed by atoms with Crippen molar-refractivity contribution in [3.05, 3.63) is 0 Å². The maximum Gasteiger partial charge on any atom is 0.216 e. The zero-order valence-corrected chi connectivity index (χ0v) is 11.2. The molecule has 1 aliphatic heterocycles. The smallest absolute Gasteiger partial charge is 0.216 e. The van der Waals surface area contributed by atoms with Crippen LogP contribution in [0.3, 0.4) is 0 Å². The summed E-state index contributed by atoms with van der Waals surface area (Å²) in [5, 5.41) is 2.86. The first-order valence-electron chi connectivity index (χ1n) is 6.48. The van der Waals surface area contributed by atoms with Crippen LogP contribution in [0.5, 0.6) is 0 Å². The van der Waals surface area contributed by atoms with E-state index in [4.69, 9.17) is 0 Å². The minimum absolute atomic E-state index is 0.0439. The van der Waals surface area contributed by atoms with E-state index in [1.54, 1.807) is 6.92 Å². The Kier molecular flexibility index (Phi) is 5.62. The van der Waals surface area contributed by atoms with E-state index in [1.165, 1.54) is 0 Å². The highest BCUT2D eigenvalue weighted by molar-refractivity contribution is 5.82. The van der Waals surface area contributed by atoms with E-state index >= 15 is 0 Å². The summed E-state index contributed by atoms with van der Waals surface area (Å²) in [4.78, 5) is 24.6. The number of hydrogen-bond donors (Lipinski definition) is 1. The number of carbonyl (C=O) groups is 2. The Bertz CT molecular complexity index is 269. The monoisotopic (exact) mass is 240 g/mol. The van der Waals surface area contributed by atoms with Gasteiger partial charge in [0.15, 0.2) is 0 Å². The number of nitrogens with one attached hydrogen (secondary N) is 1. The summed E-state index contributed by atoms with van der Waals surface area (Å²) in [6, 6.07) is 0. The summed E-state index contributed by atoms with van der Waals surface area (Å²) in [7, 11) is 0. The average molecular weight is 240 g/mol. The third-order valence-electron chi connectivity index (χ3n) is 3.37. The first-order valence-corrected chi connectivity index (χ1v) is 6.48. The first kappa shape index (κ1) is 14.2. The van der Waals surface area contributed by atoms with E-state index in [-0.39, 0.29) is 11.8 Å². The molecule has 98 valence electrons. The molecule has 0 spiro atoms. The van der Waals surface area contributed by atoms with Crippen LogP contribution in [-0.2, 0) is 9.59 Å². The number of Topliss-reactive ketones (excluding diaryl/α,β-unsaturated/α-hetero) is 1. The predicted molar refractivity (Wildman–Crippen MR) is 67.7 cm³/mol. The molecule has 0 aromatic carbocycles. The molecule has 0 atom stereocenters. The zero-order chi connectivity index (χ0) is 12.8. The number of rotatable bonds is 5. The van der Waals surface area contributed by atoms with Gasteiger partial charge in [0.05, 0.1) is 6.54 Å². The van der Waals surface area contributed by atoms with Gasteiger partial charge in [0.25, 0.3) is 0 Å². The number of hydrogen-bond acceptors (Lipinski definition) is 3. The molecule has 1 saturated heterocycles. The highest BCUT2D eigenvalue weighted by atomic mass is 16.1. The molecule has 1 rings (SSSR count). The van der Waals surface area contributed by atoms with Crippen LogP contribution >= 0.6 is 0 Å². The molecule has 0 saturated carbocycles. The third-order valence-corrected chi connectivity index (χ3v) is 3.37. The molecule has 0 aromatic rings. The molecule has 4 heteroatoms. The van der Waals surface area contributed by atoms with Gasteiger partial charge in [-0.3, -0.25) is 14.5 Å². The molecule has 1 fully saturated rings. The number of nitrogens with zero attached hydrogens (tertiary/aromatic N) is 1. The fourth-order valence-corrected chi connectivity index (χ4v) is 2.04. The fourth-order valence-electron chi connectivity index (χ4n) is 2.04. The van der Waals surface area contributed by atoms with Crippen molar-refractivity contribution < 1.29 is 9.59 Å². The van der Waals surface area contributed by atoms with Crippen molar-refractivity contribution in [1.82, 2.24) is 10.2 Å². The summed E-state index contributed by atoms with van der Waals surface area (Å²) in [5.74, 6) is 1.07. The quantitative estimate of drug-likeness (QED) is 0.781. The highest BCUT2D eigenvalue weighted by Crippen LogP contribution is 2.16. The first-order chi connectivity index (χ1) is 7.99. The van der Waals surface area contributed by atoms with Crippen LogP contribution in [0.1, 0.15) is 33.6 Å². The van der Waals surface area contributed by atoms with Gasteiger partial charge in [0.1, 0.15) is 5.78 Å². The van der Waals surface area contributed by atoms with Gasteiger partial charge in [-0.2, -0.15) is 0 Å². The van der Waals surface area contributed by atoms with E-state index in [0.29, 0.717) is 18.2 Å². The van der Waals surface area contributed by atoms with E-state index in [9.17, 15) is 9.59 Å².